The number of fused-ring (bicyclic) bond motifs is 1. The van der Waals surface area contributed by atoms with Gasteiger partial charge in [0.15, 0.2) is 11.5 Å². The summed E-state index contributed by atoms with van der Waals surface area (Å²) in [5.74, 6) is 3.11. The first kappa shape index (κ1) is 23.6. The Morgan fingerprint density at radius 1 is 0.947 bits per heavy atom. The summed E-state index contributed by atoms with van der Waals surface area (Å²) in [6.07, 6.45) is 7.09. The lowest BCUT2D eigenvalue weighted by atomic mass is 9.49. The second-order valence-corrected chi connectivity index (χ2v) is 12.4. The van der Waals surface area contributed by atoms with E-state index < -0.39 is 6.04 Å². The van der Waals surface area contributed by atoms with Crippen molar-refractivity contribution in [3.63, 3.8) is 0 Å². The van der Waals surface area contributed by atoms with Crippen LogP contribution >= 0.6 is 11.3 Å². The highest BCUT2D eigenvalue weighted by Crippen LogP contribution is 2.60. The van der Waals surface area contributed by atoms with Crippen LogP contribution in [0.5, 0.6) is 11.5 Å². The predicted octanol–water partition coefficient (Wildman–Crippen LogP) is 4.82. The molecule has 2 heterocycles. The van der Waals surface area contributed by atoms with Gasteiger partial charge in [-0.1, -0.05) is 41.7 Å². The number of nitrogens with zero attached hydrogens (tertiary/aromatic N) is 2. The third-order valence-electron chi connectivity index (χ3n) is 8.70. The van der Waals surface area contributed by atoms with Gasteiger partial charge in [0, 0.05) is 17.4 Å². The summed E-state index contributed by atoms with van der Waals surface area (Å²) in [6.45, 7) is 0.202. The molecular formula is C29H30N4O4S. The van der Waals surface area contributed by atoms with Gasteiger partial charge in [-0.15, -0.1) is 10.2 Å². The maximum Gasteiger partial charge on any atom is 0.249 e. The summed E-state index contributed by atoms with van der Waals surface area (Å²) in [6, 6.07) is 14.7. The molecule has 5 aliphatic rings. The molecule has 2 aromatic carbocycles. The van der Waals surface area contributed by atoms with E-state index >= 15 is 0 Å². The smallest absolute Gasteiger partial charge is 0.249 e. The lowest BCUT2D eigenvalue weighted by Crippen LogP contribution is -2.57. The van der Waals surface area contributed by atoms with E-state index in [-0.39, 0.29) is 24.0 Å². The van der Waals surface area contributed by atoms with Crippen molar-refractivity contribution in [2.75, 3.05) is 12.1 Å². The molecule has 196 valence electrons. The van der Waals surface area contributed by atoms with Crippen molar-refractivity contribution in [1.82, 2.24) is 15.5 Å². The normalized spacial score (nSPS) is 27.2. The Kier molecular flexibility index (Phi) is 5.83. The number of carbonyl (C=O) groups is 2. The predicted molar refractivity (Wildman–Crippen MR) is 143 cm³/mol. The van der Waals surface area contributed by atoms with Crippen LogP contribution in [0.15, 0.2) is 48.5 Å². The van der Waals surface area contributed by atoms with Gasteiger partial charge >= 0.3 is 0 Å². The number of benzene rings is 2. The zero-order valence-electron chi connectivity index (χ0n) is 21.0. The fourth-order valence-electron chi connectivity index (χ4n) is 7.37. The van der Waals surface area contributed by atoms with Crippen LogP contribution in [0, 0.1) is 23.2 Å². The average Bonchev–Trinajstić information content (AvgIpc) is 3.57. The van der Waals surface area contributed by atoms with Gasteiger partial charge in [0.25, 0.3) is 0 Å². The summed E-state index contributed by atoms with van der Waals surface area (Å²) < 4.78 is 10.9. The van der Waals surface area contributed by atoms with Crippen LogP contribution in [0.25, 0.3) is 10.6 Å². The van der Waals surface area contributed by atoms with Gasteiger partial charge in [0.1, 0.15) is 11.0 Å². The quantitative estimate of drug-likeness (QED) is 0.454. The number of aromatic nitrogens is 2. The van der Waals surface area contributed by atoms with Crippen molar-refractivity contribution < 1.29 is 19.1 Å². The van der Waals surface area contributed by atoms with Gasteiger partial charge in [-0.2, -0.15) is 0 Å². The Hall–Kier alpha value is -3.46. The van der Waals surface area contributed by atoms with Crippen LogP contribution in [-0.4, -0.2) is 34.8 Å². The summed E-state index contributed by atoms with van der Waals surface area (Å²) in [4.78, 5) is 27.4. The standard InChI is InChI=1S/C29H30N4O4S/c34-25(31-28-33-32-26(38-28)21-6-7-23-24(12-21)37-16-36-23)22(11-17-4-2-1-3-5-17)30-27(35)29-13-18-8-19(14-29)10-20(9-18)15-29/h1-7,12,18-20,22H,8-11,13-16H2,(H,30,35)(H,31,33,34). The second kappa shape index (κ2) is 9.38. The Morgan fingerprint density at radius 3 is 2.39 bits per heavy atom. The van der Waals surface area contributed by atoms with Crippen molar-refractivity contribution in [2.24, 2.45) is 23.2 Å². The highest BCUT2D eigenvalue weighted by molar-refractivity contribution is 7.18. The van der Waals surface area contributed by atoms with Gasteiger partial charge in [-0.3, -0.25) is 14.9 Å². The lowest BCUT2D eigenvalue weighted by molar-refractivity contribution is -0.148. The molecule has 0 spiro atoms. The molecule has 1 aromatic heterocycles. The number of rotatable bonds is 7. The van der Waals surface area contributed by atoms with E-state index in [1.807, 2.05) is 48.5 Å². The maximum atomic E-state index is 13.8. The highest BCUT2D eigenvalue weighted by Gasteiger charge is 2.55. The van der Waals surface area contributed by atoms with E-state index in [0.717, 1.165) is 30.4 Å². The Bertz CT molecular complexity index is 1340. The van der Waals surface area contributed by atoms with Gasteiger partial charge < -0.3 is 14.8 Å². The molecule has 1 aliphatic heterocycles. The van der Waals surface area contributed by atoms with Crippen molar-refractivity contribution >= 4 is 28.3 Å². The number of hydrogen-bond donors (Lipinski definition) is 2. The van der Waals surface area contributed by atoms with Crippen LogP contribution in [0.2, 0.25) is 0 Å². The molecule has 8 rings (SSSR count). The molecule has 1 unspecified atom stereocenters. The number of nitrogens with one attached hydrogen (secondary N) is 2. The molecule has 4 bridgehead atoms. The average molecular weight is 531 g/mol. The SMILES string of the molecule is O=C(Nc1nnc(-c2ccc3c(c2)OCO3)s1)C(Cc1ccccc1)NC(=O)C12CC3CC(CC(C3)C1)C2. The zero-order chi connectivity index (χ0) is 25.7. The number of amides is 2. The molecule has 2 N–H and O–H groups in total. The molecule has 4 fully saturated rings. The summed E-state index contributed by atoms with van der Waals surface area (Å²) in [5, 5.41) is 15.6. The largest absolute Gasteiger partial charge is 0.454 e. The van der Waals surface area contributed by atoms with Crippen LogP contribution in [0.3, 0.4) is 0 Å². The summed E-state index contributed by atoms with van der Waals surface area (Å²) in [7, 11) is 0. The van der Waals surface area contributed by atoms with E-state index in [2.05, 4.69) is 20.8 Å². The van der Waals surface area contributed by atoms with E-state index in [9.17, 15) is 9.59 Å². The molecule has 4 saturated carbocycles. The van der Waals surface area contributed by atoms with Crippen molar-refractivity contribution in [1.29, 1.82) is 0 Å². The van der Waals surface area contributed by atoms with Gasteiger partial charge in [0.05, 0.1) is 0 Å². The number of ether oxygens (including phenoxy) is 2. The number of carbonyl (C=O) groups excluding carboxylic acids is 2. The van der Waals surface area contributed by atoms with Crippen molar-refractivity contribution in [3.8, 4) is 22.1 Å². The topological polar surface area (TPSA) is 102 Å². The molecule has 0 radical (unpaired) electrons. The molecule has 38 heavy (non-hydrogen) atoms. The molecule has 8 nitrogen and oxygen atoms in total. The fraction of sp³-hybridized carbons (Fsp3) is 0.448. The monoisotopic (exact) mass is 530 g/mol. The highest BCUT2D eigenvalue weighted by atomic mass is 32.1. The fourth-order valence-corrected chi connectivity index (χ4v) is 8.11. The number of hydrogen-bond acceptors (Lipinski definition) is 7. The van der Waals surface area contributed by atoms with E-state index in [4.69, 9.17) is 9.47 Å². The van der Waals surface area contributed by atoms with Crippen molar-refractivity contribution in [3.05, 3.63) is 54.1 Å². The van der Waals surface area contributed by atoms with Gasteiger partial charge in [-0.05, 0) is 80.0 Å². The Balaban J connectivity index is 1.09. The second-order valence-electron chi connectivity index (χ2n) is 11.4. The molecule has 2 amide bonds. The number of anilines is 1. The van der Waals surface area contributed by atoms with Crippen LogP contribution < -0.4 is 20.1 Å². The van der Waals surface area contributed by atoms with Gasteiger partial charge in [-0.25, -0.2) is 0 Å². The van der Waals surface area contributed by atoms with E-state index in [1.54, 1.807) is 0 Å². The van der Waals surface area contributed by atoms with E-state index in [1.165, 1.54) is 30.6 Å². The minimum atomic E-state index is -0.698. The van der Waals surface area contributed by atoms with Crippen LogP contribution in [0.1, 0.15) is 44.1 Å². The molecular weight excluding hydrogens is 500 g/mol. The minimum absolute atomic E-state index is 0.0472. The first-order valence-electron chi connectivity index (χ1n) is 13.4. The third-order valence-corrected chi connectivity index (χ3v) is 9.59. The van der Waals surface area contributed by atoms with Crippen molar-refractivity contribution in [2.45, 2.75) is 51.0 Å². The molecule has 3 aromatic rings. The summed E-state index contributed by atoms with van der Waals surface area (Å²) in [5.41, 5.74) is 1.51. The first-order chi connectivity index (χ1) is 18.5. The molecule has 9 heteroatoms. The first-order valence-corrected chi connectivity index (χ1v) is 14.2. The maximum absolute atomic E-state index is 13.8. The molecule has 0 saturated heterocycles. The molecule has 4 aliphatic carbocycles. The third kappa shape index (κ3) is 4.42. The van der Waals surface area contributed by atoms with Crippen LogP contribution in [-0.2, 0) is 16.0 Å². The lowest BCUT2D eigenvalue weighted by Gasteiger charge is -2.55. The van der Waals surface area contributed by atoms with Gasteiger partial charge in [0.2, 0.25) is 23.7 Å². The Morgan fingerprint density at radius 2 is 1.66 bits per heavy atom. The Labute approximate surface area is 225 Å². The van der Waals surface area contributed by atoms with E-state index in [0.29, 0.717) is 45.8 Å². The zero-order valence-corrected chi connectivity index (χ0v) is 21.8. The molecule has 1 atom stereocenters. The van der Waals surface area contributed by atoms with Crippen LogP contribution in [0.4, 0.5) is 5.13 Å². The minimum Gasteiger partial charge on any atom is -0.454 e. The summed E-state index contributed by atoms with van der Waals surface area (Å²) >= 11 is 1.29.